The van der Waals surface area contributed by atoms with Crippen molar-refractivity contribution in [3.63, 3.8) is 0 Å². The van der Waals surface area contributed by atoms with Gasteiger partial charge in [-0.05, 0) is 33.9 Å². The third-order valence-electron chi connectivity index (χ3n) is 4.94. The second-order valence-corrected chi connectivity index (χ2v) is 6.78. The highest BCUT2D eigenvalue weighted by molar-refractivity contribution is 5.79. The Morgan fingerprint density at radius 2 is 1.79 bits per heavy atom. The molecule has 0 bridgehead atoms. The molecule has 1 aliphatic carbocycles. The Kier molecular flexibility index (Phi) is 5.16. The van der Waals surface area contributed by atoms with Crippen molar-refractivity contribution >= 4 is 18.0 Å². The molecule has 29 heavy (non-hydrogen) atoms. The lowest BCUT2D eigenvalue weighted by atomic mass is 9.98. The van der Waals surface area contributed by atoms with Crippen LogP contribution in [0.2, 0.25) is 0 Å². The van der Waals surface area contributed by atoms with E-state index in [0.717, 1.165) is 0 Å². The van der Waals surface area contributed by atoms with Gasteiger partial charge in [0.05, 0.1) is 0 Å². The molecule has 0 atom stereocenters. The maximum atomic E-state index is 12.1. The van der Waals surface area contributed by atoms with Gasteiger partial charge in [-0.25, -0.2) is 9.78 Å². The minimum Gasteiger partial charge on any atom is -0.504 e. The number of carbonyl (C=O) groups excluding carboxylic acids is 1. The molecule has 0 saturated heterocycles. The molecule has 3 aromatic rings. The third kappa shape index (κ3) is 3.91. The first-order valence-electron chi connectivity index (χ1n) is 9.33. The minimum atomic E-state index is -0.477. The van der Waals surface area contributed by atoms with Crippen LogP contribution in [0.5, 0.6) is 5.75 Å². The number of ether oxygens (including phenoxy) is 1. The lowest BCUT2D eigenvalue weighted by Crippen LogP contribution is -2.26. The summed E-state index contributed by atoms with van der Waals surface area (Å²) in [6.45, 7) is 0.571. The van der Waals surface area contributed by atoms with E-state index in [1.165, 1.54) is 28.3 Å². The molecule has 1 aromatic heterocycles. The van der Waals surface area contributed by atoms with Crippen LogP contribution in [0.25, 0.3) is 17.2 Å². The van der Waals surface area contributed by atoms with Gasteiger partial charge in [0.15, 0.2) is 11.6 Å². The SMILES string of the molecule is Nc1ncc(C=CCNC(=O)OCC2c3ccccc3-c3ccccc32)cc1O. The van der Waals surface area contributed by atoms with E-state index in [2.05, 4.69) is 34.6 Å². The number of nitrogens with two attached hydrogens (primary N) is 1. The predicted octanol–water partition coefficient (Wildman–Crippen LogP) is 3.92. The van der Waals surface area contributed by atoms with Crippen molar-refractivity contribution in [2.45, 2.75) is 5.92 Å². The minimum absolute atomic E-state index is 0.0347. The topological polar surface area (TPSA) is 97.5 Å². The zero-order valence-electron chi connectivity index (χ0n) is 15.7. The second-order valence-electron chi connectivity index (χ2n) is 6.78. The van der Waals surface area contributed by atoms with Crippen molar-refractivity contribution in [2.75, 3.05) is 18.9 Å². The summed E-state index contributed by atoms with van der Waals surface area (Å²) in [4.78, 5) is 16.0. The van der Waals surface area contributed by atoms with Crippen molar-refractivity contribution in [1.29, 1.82) is 0 Å². The highest BCUT2D eigenvalue weighted by Gasteiger charge is 2.28. The zero-order valence-corrected chi connectivity index (χ0v) is 15.7. The van der Waals surface area contributed by atoms with Crippen LogP contribution in [0.15, 0.2) is 66.9 Å². The van der Waals surface area contributed by atoms with E-state index in [1.807, 2.05) is 24.3 Å². The number of hydrogen-bond donors (Lipinski definition) is 3. The van der Waals surface area contributed by atoms with Crippen LogP contribution in [0, 0.1) is 0 Å². The summed E-state index contributed by atoms with van der Waals surface area (Å²) in [7, 11) is 0. The number of hydrogen-bond acceptors (Lipinski definition) is 5. The van der Waals surface area contributed by atoms with Gasteiger partial charge in [0.1, 0.15) is 6.61 Å². The van der Waals surface area contributed by atoms with E-state index >= 15 is 0 Å². The molecule has 0 saturated carbocycles. The molecule has 1 aliphatic rings. The first-order chi connectivity index (χ1) is 14.1. The number of pyridine rings is 1. The summed E-state index contributed by atoms with van der Waals surface area (Å²) in [6, 6.07) is 17.9. The number of fused-ring (bicyclic) bond motifs is 3. The molecule has 0 aliphatic heterocycles. The first kappa shape index (κ1) is 18.6. The molecule has 0 spiro atoms. The monoisotopic (exact) mass is 387 g/mol. The Balaban J connectivity index is 1.33. The Morgan fingerprint density at radius 3 is 2.45 bits per heavy atom. The zero-order chi connectivity index (χ0) is 20.2. The van der Waals surface area contributed by atoms with Crippen LogP contribution in [0.3, 0.4) is 0 Å². The fraction of sp³-hybridized carbons (Fsp3) is 0.130. The smallest absolute Gasteiger partial charge is 0.407 e. The summed E-state index contributed by atoms with van der Waals surface area (Å²) in [6.07, 6.45) is 4.54. The van der Waals surface area contributed by atoms with E-state index in [0.29, 0.717) is 12.1 Å². The molecule has 6 nitrogen and oxygen atoms in total. The second kappa shape index (κ2) is 8.06. The van der Waals surface area contributed by atoms with Gasteiger partial charge < -0.3 is 20.9 Å². The van der Waals surface area contributed by atoms with Crippen LogP contribution in [-0.4, -0.2) is 29.3 Å². The summed E-state index contributed by atoms with van der Waals surface area (Å²) >= 11 is 0. The normalized spacial score (nSPS) is 12.6. The number of benzene rings is 2. The predicted molar refractivity (Wildman–Crippen MR) is 112 cm³/mol. The van der Waals surface area contributed by atoms with E-state index in [4.69, 9.17) is 10.5 Å². The van der Waals surface area contributed by atoms with Crippen LogP contribution in [-0.2, 0) is 4.74 Å². The molecule has 146 valence electrons. The maximum absolute atomic E-state index is 12.1. The van der Waals surface area contributed by atoms with Crippen molar-refractivity contribution in [3.8, 4) is 16.9 Å². The van der Waals surface area contributed by atoms with Gasteiger partial charge in [-0.3, -0.25) is 0 Å². The Hall–Kier alpha value is -3.80. The first-order valence-corrected chi connectivity index (χ1v) is 9.33. The Bertz CT molecular complexity index is 1030. The summed E-state index contributed by atoms with van der Waals surface area (Å²) in [5, 5.41) is 12.2. The highest BCUT2D eigenvalue weighted by atomic mass is 16.5. The number of aromatic hydroxyl groups is 1. The lowest BCUT2D eigenvalue weighted by molar-refractivity contribution is 0.144. The van der Waals surface area contributed by atoms with Gasteiger partial charge in [-0.1, -0.05) is 60.7 Å². The fourth-order valence-corrected chi connectivity index (χ4v) is 3.56. The number of nitrogens with zero attached hydrogens (tertiary/aromatic N) is 1. The van der Waals surface area contributed by atoms with Crippen LogP contribution >= 0.6 is 0 Å². The molecule has 4 rings (SSSR count). The van der Waals surface area contributed by atoms with E-state index in [-0.39, 0.29) is 24.1 Å². The van der Waals surface area contributed by atoms with Crippen molar-refractivity contribution in [1.82, 2.24) is 10.3 Å². The number of nitrogens with one attached hydrogen (secondary N) is 1. The number of nitrogen functional groups attached to an aromatic ring is 1. The molecule has 6 heteroatoms. The number of alkyl carbamates (subject to hydrolysis) is 1. The van der Waals surface area contributed by atoms with Gasteiger partial charge in [-0.2, -0.15) is 0 Å². The largest absolute Gasteiger partial charge is 0.504 e. The molecular formula is C23H21N3O3. The van der Waals surface area contributed by atoms with Gasteiger partial charge >= 0.3 is 6.09 Å². The molecule has 1 heterocycles. The van der Waals surface area contributed by atoms with Gasteiger partial charge in [0.25, 0.3) is 0 Å². The highest BCUT2D eigenvalue weighted by Crippen LogP contribution is 2.44. The van der Waals surface area contributed by atoms with Gasteiger partial charge in [0, 0.05) is 18.7 Å². The average Bonchev–Trinajstić information content (AvgIpc) is 3.06. The molecule has 2 aromatic carbocycles. The fourth-order valence-electron chi connectivity index (χ4n) is 3.56. The third-order valence-corrected chi connectivity index (χ3v) is 4.94. The quantitative estimate of drug-likeness (QED) is 0.616. The summed E-state index contributed by atoms with van der Waals surface area (Å²) < 4.78 is 5.47. The number of amides is 1. The molecule has 1 amide bonds. The summed E-state index contributed by atoms with van der Waals surface area (Å²) in [5.41, 5.74) is 10.9. The van der Waals surface area contributed by atoms with Gasteiger partial charge in [-0.15, -0.1) is 0 Å². The molecular weight excluding hydrogens is 366 g/mol. The Labute approximate surface area is 168 Å². The molecule has 0 fully saturated rings. The number of carbonyl (C=O) groups is 1. The molecule has 0 radical (unpaired) electrons. The van der Waals surface area contributed by atoms with E-state index in [9.17, 15) is 9.90 Å². The van der Waals surface area contributed by atoms with Crippen LogP contribution < -0.4 is 11.1 Å². The van der Waals surface area contributed by atoms with Crippen molar-refractivity contribution < 1.29 is 14.6 Å². The van der Waals surface area contributed by atoms with E-state index in [1.54, 1.807) is 18.3 Å². The van der Waals surface area contributed by atoms with Crippen LogP contribution in [0.4, 0.5) is 10.6 Å². The average molecular weight is 387 g/mol. The molecule has 4 N–H and O–H groups in total. The van der Waals surface area contributed by atoms with Crippen molar-refractivity contribution in [3.05, 3.63) is 83.6 Å². The lowest BCUT2D eigenvalue weighted by Gasteiger charge is -2.14. The van der Waals surface area contributed by atoms with Crippen LogP contribution in [0.1, 0.15) is 22.6 Å². The van der Waals surface area contributed by atoms with Gasteiger partial charge in [0.2, 0.25) is 0 Å². The number of anilines is 1. The summed E-state index contributed by atoms with van der Waals surface area (Å²) in [5.74, 6) is 0.0445. The number of aromatic nitrogens is 1. The molecule has 0 unspecified atom stereocenters. The number of rotatable bonds is 5. The Morgan fingerprint density at radius 1 is 1.14 bits per heavy atom. The van der Waals surface area contributed by atoms with Crippen molar-refractivity contribution in [2.24, 2.45) is 0 Å². The van der Waals surface area contributed by atoms with E-state index < -0.39 is 6.09 Å². The maximum Gasteiger partial charge on any atom is 0.407 e. The standard InChI is InChI=1S/C23H21N3O3/c24-22-21(27)12-15(13-26-22)6-5-11-25-23(28)29-14-20-18-9-3-1-7-16(18)17-8-2-4-10-19(17)20/h1-10,12-13,20,27H,11,14H2,(H2,24,26)(H,25,28).